The summed E-state index contributed by atoms with van der Waals surface area (Å²) in [7, 11) is 0. The summed E-state index contributed by atoms with van der Waals surface area (Å²) in [5.41, 5.74) is 1.06. The Morgan fingerprint density at radius 2 is 1.64 bits per heavy atom. The third-order valence-electron chi connectivity index (χ3n) is 1.51. The molecular weight excluding hydrogens is 312 g/mol. The van der Waals surface area contributed by atoms with Gasteiger partial charge in [0.25, 0.3) is 0 Å². The quantitative estimate of drug-likeness (QED) is 0.726. The largest absolute Gasteiger partial charge is 2.00 e. The van der Waals surface area contributed by atoms with Gasteiger partial charge in [0.05, 0.1) is 5.52 Å². The number of benzene rings is 1. The monoisotopic (exact) mass is 321 g/mol. The van der Waals surface area contributed by atoms with Gasteiger partial charge in [-0.15, -0.1) is 0 Å². The normalized spacial score (nSPS) is 9.09. The molecule has 0 aliphatic rings. The predicted molar refractivity (Wildman–Crippen MR) is 41.7 cm³/mol. The van der Waals surface area contributed by atoms with E-state index in [1.807, 2.05) is 30.5 Å². The van der Waals surface area contributed by atoms with Crippen LogP contribution in [0.2, 0.25) is 0 Å². The molecule has 0 saturated carbocycles. The SMILES string of the molecule is [Os+2].c1ccc2ncccc2c1. The van der Waals surface area contributed by atoms with E-state index in [0.29, 0.717) is 0 Å². The molecule has 1 nitrogen and oxygen atoms in total. The summed E-state index contributed by atoms with van der Waals surface area (Å²) < 4.78 is 0. The molecule has 1 aromatic heterocycles. The number of nitrogens with zero attached hydrogens (tertiary/aromatic N) is 1. The number of rotatable bonds is 0. The summed E-state index contributed by atoms with van der Waals surface area (Å²) in [6.45, 7) is 0. The van der Waals surface area contributed by atoms with Crippen LogP contribution in [0.5, 0.6) is 0 Å². The molecule has 2 heteroatoms. The minimum atomic E-state index is 0. The molecule has 0 aliphatic carbocycles. The fourth-order valence-corrected chi connectivity index (χ4v) is 1.02. The van der Waals surface area contributed by atoms with Gasteiger partial charge in [0.2, 0.25) is 0 Å². The van der Waals surface area contributed by atoms with Gasteiger partial charge in [0.1, 0.15) is 0 Å². The minimum absolute atomic E-state index is 0. The van der Waals surface area contributed by atoms with Gasteiger partial charge in [0.15, 0.2) is 0 Å². The molecule has 2 rings (SSSR count). The van der Waals surface area contributed by atoms with E-state index < -0.39 is 0 Å². The molecule has 1 heterocycles. The van der Waals surface area contributed by atoms with E-state index in [1.54, 1.807) is 0 Å². The van der Waals surface area contributed by atoms with Crippen molar-refractivity contribution in [2.75, 3.05) is 0 Å². The maximum absolute atomic E-state index is 4.18. The standard InChI is InChI=1S/C9H7N.Os/c1-2-6-9-8(4-1)5-3-7-10-9;/h1-7H;/q;+2. The average Bonchev–Trinajstić information content (AvgIpc) is 2.05. The third-order valence-corrected chi connectivity index (χ3v) is 1.51. The van der Waals surface area contributed by atoms with E-state index in [2.05, 4.69) is 17.1 Å². The van der Waals surface area contributed by atoms with Crippen molar-refractivity contribution >= 4 is 10.9 Å². The van der Waals surface area contributed by atoms with Crippen molar-refractivity contribution in [3.05, 3.63) is 42.6 Å². The zero-order valence-electron chi connectivity index (χ0n) is 5.84. The summed E-state index contributed by atoms with van der Waals surface area (Å²) in [6, 6.07) is 12.1. The van der Waals surface area contributed by atoms with Crippen molar-refractivity contribution in [3.8, 4) is 0 Å². The van der Waals surface area contributed by atoms with Gasteiger partial charge in [-0.3, -0.25) is 4.98 Å². The van der Waals surface area contributed by atoms with Crippen LogP contribution in [0, 0.1) is 0 Å². The Kier molecular flexibility index (Phi) is 2.74. The van der Waals surface area contributed by atoms with Crippen molar-refractivity contribution in [1.29, 1.82) is 0 Å². The van der Waals surface area contributed by atoms with Crippen LogP contribution < -0.4 is 0 Å². The number of hydrogen-bond acceptors (Lipinski definition) is 1. The van der Waals surface area contributed by atoms with Gasteiger partial charge < -0.3 is 0 Å². The zero-order chi connectivity index (χ0) is 6.81. The molecule has 0 atom stereocenters. The van der Waals surface area contributed by atoms with E-state index in [0.717, 1.165) is 5.52 Å². The second-order valence-electron chi connectivity index (χ2n) is 2.20. The second-order valence-corrected chi connectivity index (χ2v) is 2.20. The fraction of sp³-hybridized carbons (Fsp3) is 0. The molecule has 0 spiro atoms. The van der Waals surface area contributed by atoms with E-state index >= 15 is 0 Å². The molecule has 0 unspecified atom stereocenters. The number of fused-ring (bicyclic) bond motifs is 1. The van der Waals surface area contributed by atoms with E-state index in [1.165, 1.54) is 5.39 Å². The van der Waals surface area contributed by atoms with Crippen molar-refractivity contribution in [2.45, 2.75) is 0 Å². The fourth-order valence-electron chi connectivity index (χ4n) is 1.02. The first-order valence-electron chi connectivity index (χ1n) is 3.26. The van der Waals surface area contributed by atoms with Crippen molar-refractivity contribution in [1.82, 2.24) is 4.98 Å². The first-order chi connectivity index (χ1) is 4.97. The van der Waals surface area contributed by atoms with Crippen LogP contribution in [0.1, 0.15) is 0 Å². The maximum Gasteiger partial charge on any atom is 2.00 e. The molecule has 0 N–H and O–H groups in total. The van der Waals surface area contributed by atoms with E-state index in [-0.39, 0.29) is 19.8 Å². The van der Waals surface area contributed by atoms with Gasteiger partial charge >= 0.3 is 19.8 Å². The van der Waals surface area contributed by atoms with Crippen molar-refractivity contribution in [2.24, 2.45) is 0 Å². The van der Waals surface area contributed by atoms with E-state index in [4.69, 9.17) is 0 Å². The summed E-state index contributed by atoms with van der Waals surface area (Å²) in [4.78, 5) is 4.18. The van der Waals surface area contributed by atoms with Gasteiger partial charge in [-0.2, -0.15) is 0 Å². The van der Waals surface area contributed by atoms with E-state index in [9.17, 15) is 0 Å². The molecule has 0 aliphatic heterocycles. The third kappa shape index (κ3) is 1.64. The predicted octanol–water partition coefficient (Wildman–Crippen LogP) is 2.23. The van der Waals surface area contributed by atoms with Gasteiger partial charge in [-0.25, -0.2) is 0 Å². The Hall–Kier alpha value is -0.734. The van der Waals surface area contributed by atoms with Crippen LogP contribution in [0.15, 0.2) is 42.6 Å². The second kappa shape index (κ2) is 3.60. The topological polar surface area (TPSA) is 12.9 Å². The first kappa shape index (κ1) is 8.36. The molecule has 0 bridgehead atoms. The van der Waals surface area contributed by atoms with Crippen LogP contribution >= 0.6 is 0 Å². The van der Waals surface area contributed by atoms with Crippen molar-refractivity contribution in [3.63, 3.8) is 0 Å². The Bertz CT molecular complexity index is 281. The van der Waals surface area contributed by atoms with Gasteiger partial charge in [-0.1, -0.05) is 24.3 Å². The number of pyridine rings is 1. The first-order valence-corrected chi connectivity index (χ1v) is 3.26. The summed E-state index contributed by atoms with van der Waals surface area (Å²) in [5.74, 6) is 0. The summed E-state index contributed by atoms with van der Waals surface area (Å²) >= 11 is 0. The molecule has 0 saturated heterocycles. The maximum atomic E-state index is 4.18. The zero-order valence-corrected chi connectivity index (χ0v) is 8.38. The Morgan fingerprint density at radius 3 is 2.45 bits per heavy atom. The number of para-hydroxylation sites is 1. The van der Waals surface area contributed by atoms with Gasteiger partial charge in [-0.05, 0) is 12.1 Å². The molecular formula is C9H7NOs+2. The molecule has 2 aromatic rings. The summed E-state index contributed by atoms with van der Waals surface area (Å²) in [6.07, 6.45) is 1.81. The molecule has 54 valence electrons. The minimum Gasteiger partial charge on any atom is -0.256 e. The smallest absolute Gasteiger partial charge is 0.256 e. The summed E-state index contributed by atoms with van der Waals surface area (Å²) in [5, 5.41) is 1.20. The van der Waals surface area contributed by atoms with Crippen LogP contribution in [0.25, 0.3) is 10.9 Å². The molecule has 0 radical (unpaired) electrons. The van der Waals surface area contributed by atoms with Crippen LogP contribution in [0.4, 0.5) is 0 Å². The molecule has 0 amide bonds. The Balaban J connectivity index is 0.000000605. The molecule has 1 aromatic carbocycles. The Morgan fingerprint density at radius 1 is 0.909 bits per heavy atom. The number of hydrogen-bond donors (Lipinski definition) is 0. The van der Waals surface area contributed by atoms with Crippen LogP contribution in [-0.4, -0.2) is 4.98 Å². The van der Waals surface area contributed by atoms with Gasteiger partial charge in [0, 0.05) is 11.6 Å². The van der Waals surface area contributed by atoms with Crippen LogP contribution in [-0.2, 0) is 19.8 Å². The number of aromatic nitrogens is 1. The molecule has 0 fully saturated rings. The molecule has 11 heavy (non-hydrogen) atoms. The van der Waals surface area contributed by atoms with Crippen LogP contribution in [0.3, 0.4) is 0 Å². The average molecular weight is 319 g/mol. The van der Waals surface area contributed by atoms with Crippen molar-refractivity contribution < 1.29 is 19.8 Å². The Labute approximate surface area is 78.5 Å².